The van der Waals surface area contributed by atoms with Gasteiger partial charge in [-0.25, -0.2) is 9.97 Å². The zero-order chi connectivity index (χ0) is 15.4. The van der Waals surface area contributed by atoms with E-state index >= 15 is 0 Å². The summed E-state index contributed by atoms with van der Waals surface area (Å²) in [5.74, 6) is 2.26. The SMILES string of the molecule is CNc1ccc(Oc2cc(N3CCN(C)CC3)ncn2)cc1. The van der Waals surface area contributed by atoms with E-state index in [1.54, 1.807) is 6.33 Å². The standard InChI is InChI=1S/C16H21N5O/c1-17-13-3-5-14(6-4-13)22-16-11-15(18-12-19-16)21-9-7-20(2)8-10-21/h3-6,11-12,17H,7-10H2,1-2H3. The molecule has 1 aliphatic rings. The molecule has 6 heteroatoms. The molecule has 1 aromatic carbocycles. The van der Waals surface area contributed by atoms with E-state index in [0.717, 1.165) is 43.4 Å². The zero-order valence-corrected chi connectivity index (χ0v) is 13.0. The predicted octanol–water partition coefficient (Wildman–Crippen LogP) is 2.06. The molecule has 0 aliphatic carbocycles. The molecule has 0 atom stereocenters. The molecule has 0 bridgehead atoms. The Morgan fingerprint density at radius 3 is 2.45 bits per heavy atom. The van der Waals surface area contributed by atoms with Gasteiger partial charge in [0.2, 0.25) is 5.88 Å². The number of nitrogens with one attached hydrogen (secondary N) is 1. The van der Waals surface area contributed by atoms with E-state index in [0.29, 0.717) is 5.88 Å². The Hall–Kier alpha value is -2.34. The number of ether oxygens (including phenoxy) is 1. The highest BCUT2D eigenvalue weighted by molar-refractivity contribution is 5.47. The molecule has 1 aliphatic heterocycles. The van der Waals surface area contributed by atoms with Gasteiger partial charge < -0.3 is 19.9 Å². The first-order valence-electron chi connectivity index (χ1n) is 7.46. The molecule has 0 saturated carbocycles. The van der Waals surface area contributed by atoms with Crippen molar-refractivity contribution in [2.75, 3.05) is 50.5 Å². The van der Waals surface area contributed by atoms with E-state index in [9.17, 15) is 0 Å². The van der Waals surface area contributed by atoms with E-state index in [1.165, 1.54) is 0 Å². The van der Waals surface area contributed by atoms with Crippen LogP contribution in [0.15, 0.2) is 36.7 Å². The summed E-state index contributed by atoms with van der Waals surface area (Å²) in [6, 6.07) is 9.68. The van der Waals surface area contributed by atoms with Crippen LogP contribution in [0.25, 0.3) is 0 Å². The molecule has 0 spiro atoms. The molecule has 3 rings (SSSR count). The van der Waals surface area contributed by atoms with Crippen molar-refractivity contribution < 1.29 is 4.74 Å². The molecule has 22 heavy (non-hydrogen) atoms. The first kappa shape index (κ1) is 14.6. The van der Waals surface area contributed by atoms with Crippen molar-refractivity contribution in [1.29, 1.82) is 0 Å². The molecule has 6 nitrogen and oxygen atoms in total. The quantitative estimate of drug-likeness (QED) is 0.932. The highest BCUT2D eigenvalue weighted by Gasteiger charge is 2.16. The van der Waals surface area contributed by atoms with Crippen LogP contribution in [0.3, 0.4) is 0 Å². The molecule has 1 N–H and O–H groups in total. The van der Waals surface area contributed by atoms with Crippen LogP contribution in [0.2, 0.25) is 0 Å². The van der Waals surface area contributed by atoms with Gasteiger partial charge in [0.1, 0.15) is 17.9 Å². The number of piperazine rings is 1. The van der Waals surface area contributed by atoms with Crippen LogP contribution in [-0.2, 0) is 0 Å². The number of aromatic nitrogens is 2. The second-order valence-corrected chi connectivity index (χ2v) is 5.38. The smallest absolute Gasteiger partial charge is 0.224 e. The van der Waals surface area contributed by atoms with Gasteiger partial charge in [-0.15, -0.1) is 0 Å². The van der Waals surface area contributed by atoms with Gasteiger partial charge in [-0.3, -0.25) is 0 Å². The largest absolute Gasteiger partial charge is 0.439 e. The van der Waals surface area contributed by atoms with Crippen molar-refractivity contribution in [3.63, 3.8) is 0 Å². The van der Waals surface area contributed by atoms with Crippen molar-refractivity contribution in [2.24, 2.45) is 0 Å². The Bertz CT molecular complexity index is 608. The highest BCUT2D eigenvalue weighted by Crippen LogP contribution is 2.24. The molecule has 0 unspecified atom stereocenters. The predicted molar refractivity (Wildman–Crippen MR) is 87.8 cm³/mol. The Kier molecular flexibility index (Phi) is 4.39. The van der Waals surface area contributed by atoms with Crippen LogP contribution in [0.1, 0.15) is 0 Å². The van der Waals surface area contributed by atoms with E-state index < -0.39 is 0 Å². The Morgan fingerprint density at radius 2 is 1.77 bits per heavy atom. The summed E-state index contributed by atoms with van der Waals surface area (Å²) >= 11 is 0. The summed E-state index contributed by atoms with van der Waals surface area (Å²) in [5.41, 5.74) is 1.05. The van der Waals surface area contributed by atoms with Crippen LogP contribution in [0.5, 0.6) is 11.6 Å². The van der Waals surface area contributed by atoms with Gasteiger partial charge in [0.15, 0.2) is 0 Å². The van der Waals surface area contributed by atoms with E-state index in [-0.39, 0.29) is 0 Å². The average Bonchev–Trinajstić information content (AvgIpc) is 2.56. The van der Waals surface area contributed by atoms with E-state index in [4.69, 9.17) is 4.74 Å². The molecule has 1 saturated heterocycles. The summed E-state index contributed by atoms with van der Waals surface area (Å²) in [6.45, 7) is 4.05. The lowest BCUT2D eigenvalue weighted by atomic mass is 10.3. The third kappa shape index (κ3) is 3.46. The Labute approximate surface area is 130 Å². The number of nitrogens with zero attached hydrogens (tertiary/aromatic N) is 4. The molecular formula is C16H21N5O. The summed E-state index contributed by atoms with van der Waals surface area (Å²) in [5, 5.41) is 3.08. The molecule has 2 aromatic rings. The Morgan fingerprint density at radius 1 is 1.05 bits per heavy atom. The molecular weight excluding hydrogens is 278 g/mol. The van der Waals surface area contributed by atoms with E-state index in [2.05, 4.69) is 32.1 Å². The maximum Gasteiger partial charge on any atom is 0.224 e. The average molecular weight is 299 g/mol. The monoisotopic (exact) mass is 299 g/mol. The van der Waals surface area contributed by atoms with Crippen LogP contribution in [-0.4, -0.2) is 55.1 Å². The van der Waals surface area contributed by atoms with Crippen LogP contribution in [0, 0.1) is 0 Å². The summed E-state index contributed by atoms with van der Waals surface area (Å²) < 4.78 is 5.81. The van der Waals surface area contributed by atoms with Crippen molar-refractivity contribution in [1.82, 2.24) is 14.9 Å². The molecule has 2 heterocycles. The minimum absolute atomic E-state index is 0.570. The van der Waals surface area contributed by atoms with Gasteiger partial charge in [0.25, 0.3) is 0 Å². The van der Waals surface area contributed by atoms with Crippen molar-refractivity contribution in [3.05, 3.63) is 36.7 Å². The third-order valence-electron chi connectivity index (χ3n) is 3.82. The number of anilines is 2. The van der Waals surface area contributed by atoms with E-state index in [1.807, 2.05) is 37.4 Å². The third-order valence-corrected chi connectivity index (χ3v) is 3.82. The van der Waals surface area contributed by atoms with Gasteiger partial charge in [-0.1, -0.05) is 0 Å². The zero-order valence-electron chi connectivity index (χ0n) is 13.0. The van der Waals surface area contributed by atoms with Crippen molar-refractivity contribution in [2.45, 2.75) is 0 Å². The maximum atomic E-state index is 5.81. The first-order chi connectivity index (χ1) is 10.7. The summed E-state index contributed by atoms with van der Waals surface area (Å²) in [6.07, 6.45) is 1.56. The van der Waals surface area contributed by atoms with Crippen LogP contribution >= 0.6 is 0 Å². The first-order valence-corrected chi connectivity index (χ1v) is 7.46. The minimum Gasteiger partial charge on any atom is -0.439 e. The van der Waals surface area contributed by atoms with Gasteiger partial charge in [-0.05, 0) is 31.3 Å². The van der Waals surface area contributed by atoms with Crippen LogP contribution in [0.4, 0.5) is 11.5 Å². The topological polar surface area (TPSA) is 53.5 Å². The normalized spacial score (nSPS) is 15.6. The van der Waals surface area contributed by atoms with Crippen molar-refractivity contribution in [3.8, 4) is 11.6 Å². The molecule has 1 fully saturated rings. The fraction of sp³-hybridized carbons (Fsp3) is 0.375. The lowest BCUT2D eigenvalue weighted by Gasteiger charge is -2.33. The Balaban J connectivity index is 1.70. The fourth-order valence-electron chi connectivity index (χ4n) is 2.40. The van der Waals surface area contributed by atoms with Crippen molar-refractivity contribution >= 4 is 11.5 Å². The molecule has 116 valence electrons. The van der Waals surface area contributed by atoms with Gasteiger partial charge in [0.05, 0.1) is 0 Å². The molecule has 0 radical (unpaired) electrons. The molecule has 0 amide bonds. The second kappa shape index (κ2) is 6.62. The highest BCUT2D eigenvalue weighted by atomic mass is 16.5. The minimum atomic E-state index is 0.570. The van der Waals surface area contributed by atoms with Gasteiger partial charge in [0, 0.05) is 45.0 Å². The van der Waals surface area contributed by atoms with Gasteiger partial charge in [-0.2, -0.15) is 0 Å². The van der Waals surface area contributed by atoms with Crippen LogP contribution < -0.4 is 15.0 Å². The van der Waals surface area contributed by atoms with Gasteiger partial charge >= 0.3 is 0 Å². The lowest BCUT2D eigenvalue weighted by Crippen LogP contribution is -2.44. The number of hydrogen-bond donors (Lipinski definition) is 1. The lowest BCUT2D eigenvalue weighted by molar-refractivity contribution is 0.312. The molecule has 1 aromatic heterocycles. The fourth-order valence-corrected chi connectivity index (χ4v) is 2.40. The number of likely N-dealkylation sites (N-methyl/N-ethyl adjacent to an activating group) is 1. The maximum absolute atomic E-state index is 5.81. The number of hydrogen-bond acceptors (Lipinski definition) is 6. The summed E-state index contributed by atoms with van der Waals surface area (Å²) in [4.78, 5) is 13.1. The second-order valence-electron chi connectivity index (χ2n) is 5.38. The number of benzene rings is 1. The summed E-state index contributed by atoms with van der Waals surface area (Å²) in [7, 11) is 4.03. The number of rotatable bonds is 4.